The summed E-state index contributed by atoms with van der Waals surface area (Å²) in [7, 11) is -1.88. The van der Waals surface area contributed by atoms with Gasteiger partial charge in [-0.05, 0) is 43.5 Å². The molecular formula is C22H30N2O5S. The lowest BCUT2D eigenvalue weighted by Crippen LogP contribution is -2.33. The molecule has 0 unspecified atom stereocenters. The fourth-order valence-electron chi connectivity index (χ4n) is 3.20. The first-order valence-electron chi connectivity index (χ1n) is 9.80. The highest BCUT2D eigenvalue weighted by atomic mass is 32.2. The predicted octanol–water partition coefficient (Wildman–Crippen LogP) is 3.05. The van der Waals surface area contributed by atoms with Crippen LogP contribution in [-0.4, -0.2) is 47.4 Å². The van der Waals surface area contributed by atoms with Crippen molar-refractivity contribution >= 4 is 21.6 Å². The van der Waals surface area contributed by atoms with Gasteiger partial charge in [0.05, 0.1) is 25.6 Å². The Labute approximate surface area is 179 Å². The summed E-state index contributed by atoms with van der Waals surface area (Å²) >= 11 is 0. The minimum Gasteiger partial charge on any atom is -0.493 e. The molecule has 1 amide bonds. The summed E-state index contributed by atoms with van der Waals surface area (Å²) in [4.78, 5) is 12.1. The molecule has 2 rings (SSSR count). The molecule has 164 valence electrons. The maximum Gasteiger partial charge on any atom is 0.232 e. The van der Waals surface area contributed by atoms with E-state index in [2.05, 4.69) is 5.32 Å². The van der Waals surface area contributed by atoms with Crippen molar-refractivity contribution < 1.29 is 22.7 Å². The fourth-order valence-corrected chi connectivity index (χ4v) is 4.28. The SMILES string of the molecule is COc1ccccc1OCCNC(=O)CCCN(c1c(C)cccc1C)S(C)(=O)=O. The number of hydrogen-bond donors (Lipinski definition) is 1. The lowest BCUT2D eigenvalue weighted by Gasteiger charge is -2.26. The van der Waals surface area contributed by atoms with E-state index in [4.69, 9.17) is 9.47 Å². The monoisotopic (exact) mass is 434 g/mol. The molecular weight excluding hydrogens is 404 g/mol. The molecule has 2 aromatic carbocycles. The predicted molar refractivity (Wildman–Crippen MR) is 119 cm³/mol. The van der Waals surface area contributed by atoms with Gasteiger partial charge < -0.3 is 14.8 Å². The second-order valence-electron chi connectivity index (χ2n) is 7.03. The van der Waals surface area contributed by atoms with E-state index in [9.17, 15) is 13.2 Å². The number of amides is 1. The normalized spacial score (nSPS) is 11.1. The Balaban J connectivity index is 1.82. The first-order valence-corrected chi connectivity index (χ1v) is 11.7. The van der Waals surface area contributed by atoms with Gasteiger partial charge in [0, 0.05) is 13.0 Å². The van der Waals surface area contributed by atoms with Gasteiger partial charge in [-0.15, -0.1) is 0 Å². The number of hydrogen-bond acceptors (Lipinski definition) is 5. The quantitative estimate of drug-likeness (QED) is 0.550. The topological polar surface area (TPSA) is 84.9 Å². The third-order valence-corrected chi connectivity index (χ3v) is 5.77. The number of rotatable bonds is 11. The molecule has 1 N–H and O–H groups in total. The Kier molecular flexibility index (Phi) is 8.53. The van der Waals surface area contributed by atoms with Crippen LogP contribution in [0.4, 0.5) is 5.69 Å². The highest BCUT2D eigenvalue weighted by Crippen LogP contribution is 2.27. The minimum atomic E-state index is -3.45. The summed E-state index contributed by atoms with van der Waals surface area (Å²) in [5, 5.41) is 2.79. The number of para-hydroxylation sites is 3. The van der Waals surface area contributed by atoms with Gasteiger partial charge in [-0.25, -0.2) is 8.42 Å². The van der Waals surface area contributed by atoms with Crippen molar-refractivity contribution in [2.45, 2.75) is 26.7 Å². The van der Waals surface area contributed by atoms with E-state index < -0.39 is 10.0 Å². The summed E-state index contributed by atoms with van der Waals surface area (Å²) in [6, 6.07) is 13.0. The molecule has 0 fully saturated rings. The van der Waals surface area contributed by atoms with Crippen LogP contribution >= 0.6 is 0 Å². The van der Waals surface area contributed by atoms with Crippen molar-refractivity contribution in [2.75, 3.05) is 37.4 Å². The molecule has 0 aliphatic rings. The second-order valence-corrected chi connectivity index (χ2v) is 8.94. The number of methoxy groups -OCH3 is 1. The van der Waals surface area contributed by atoms with Gasteiger partial charge in [-0.2, -0.15) is 0 Å². The third kappa shape index (κ3) is 6.66. The Bertz CT molecular complexity index is 940. The van der Waals surface area contributed by atoms with E-state index in [1.54, 1.807) is 19.2 Å². The number of anilines is 1. The zero-order chi connectivity index (χ0) is 22.1. The van der Waals surface area contributed by atoms with Crippen LogP contribution in [0, 0.1) is 13.8 Å². The molecule has 0 saturated carbocycles. The molecule has 0 radical (unpaired) electrons. The Hall–Kier alpha value is -2.74. The molecule has 2 aromatic rings. The molecule has 0 spiro atoms. The lowest BCUT2D eigenvalue weighted by molar-refractivity contribution is -0.121. The molecule has 0 aliphatic heterocycles. The van der Waals surface area contributed by atoms with Crippen LogP contribution in [0.25, 0.3) is 0 Å². The molecule has 0 saturated heterocycles. The number of ether oxygens (including phenoxy) is 2. The van der Waals surface area contributed by atoms with Gasteiger partial charge in [0.2, 0.25) is 15.9 Å². The lowest BCUT2D eigenvalue weighted by atomic mass is 10.1. The van der Waals surface area contributed by atoms with Crippen LogP contribution in [0.15, 0.2) is 42.5 Å². The summed E-state index contributed by atoms with van der Waals surface area (Å²) < 4.78 is 36.8. The van der Waals surface area contributed by atoms with E-state index in [-0.39, 0.29) is 18.9 Å². The largest absolute Gasteiger partial charge is 0.493 e. The molecule has 0 bridgehead atoms. The van der Waals surface area contributed by atoms with Crippen molar-refractivity contribution in [3.63, 3.8) is 0 Å². The highest BCUT2D eigenvalue weighted by Gasteiger charge is 2.21. The van der Waals surface area contributed by atoms with Gasteiger partial charge in [0.15, 0.2) is 11.5 Å². The number of benzene rings is 2. The first kappa shape index (κ1) is 23.5. The maximum atomic E-state index is 12.3. The van der Waals surface area contributed by atoms with E-state index in [1.165, 1.54) is 10.6 Å². The summed E-state index contributed by atoms with van der Waals surface area (Å²) in [5.41, 5.74) is 2.46. The smallest absolute Gasteiger partial charge is 0.232 e. The second kappa shape index (κ2) is 10.9. The molecule has 7 nitrogen and oxygen atoms in total. The molecule has 30 heavy (non-hydrogen) atoms. The van der Waals surface area contributed by atoms with Crippen molar-refractivity contribution in [2.24, 2.45) is 0 Å². The van der Waals surface area contributed by atoms with E-state index in [0.29, 0.717) is 36.8 Å². The van der Waals surface area contributed by atoms with Gasteiger partial charge in [0.1, 0.15) is 6.61 Å². The van der Waals surface area contributed by atoms with Crippen molar-refractivity contribution in [1.82, 2.24) is 5.32 Å². The van der Waals surface area contributed by atoms with E-state index in [1.807, 2.05) is 44.2 Å². The van der Waals surface area contributed by atoms with E-state index >= 15 is 0 Å². The zero-order valence-electron chi connectivity index (χ0n) is 18.0. The fraction of sp³-hybridized carbons (Fsp3) is 0.409. The highest BCUT2D eigenvalue weighted by molar-refractivity contribution is 7.92. The number of carbonyl (C=O) groups is 1. The van der Waals surface area contributed by atoms with Crippen LogP contribution in [-0.2, 0) is 14.8 Å². The Morgan fingerprint density at radius 1 is 1.03 bits per heavy atom. The van der Waals surface area contributed by atoms with Crippen molar-refractivity contribution in [3.8, 4) is 11.5 Å². The third-order valence-electron chi connectivity index (χ3n) is 4.61. The molecule has 0 aromatic heterocycles. The van der Waals surface area contributed by atoms with E-state index in [0.717, 1.165) is 11.1 Å². The molecule has 0 aliphatic carbocycles. The maximum absolute atomic E-state index is 12.3. The number of nitrogens with one attached hydrogen (secondary N) is 1. The van der Waals surface area contributed by atoms with Crippen molar-refractivity contribution in [1.29, 1.82) is 0 Å². The van der Waals surface area contributed by atoms with Crippen LogP contribution in [0.2, 0.25) is 0 Å². The molecule has 8 heteroatoms. The first-order chi connectivity index (χ1) is 14.2. The van der Waals surface area contributed by atoms with Gasteiger partial charge in [0.25, 0.3) is 0 Å². The van der Waals surface area contributed by atoms with Crippen LogP contribution < -0.4 is 19.1 Å². The zero-order valence-corrected chi connectivity index (χ0v) is 18.8. The van der Waals surface area contributed by atoms with Gasteiger partial charge in [-0.1, -0.05) is 30.3 Å². The molecule has 0 heterocycles. The average Bonchev–Trinajstić information content (AvgIpc) is 2.69. The number of sulfonamides is 1. The number of nitrogens with zero attached hydrogens (tertiary/aromatic N) is 1. The molecule has 0 atom stereocenters. The van der Waals surface area contributed by atoms with Gasteiger partial charge >= 0.3 is 0 Å². The number of aryl methyl sites for hydroxylation is 2. The van der Waals surface area contributed by atoms with Gasteiger partial charge in [-0.3, -0.25) is 9.10 Å². The summed E-state index contributed by atoms with van der Waals surface area (Å²) in [6.45, 7) is 4.67. The van der Waals surface area contributed by atoms with Crippen LogP contribution in [0.1, 0.15) is 24.0 Å². The standard InChI is InChI=1S/C22H30N2O5S/c1-17-9-7-10-18(2)22(17)24(30(4,26)27)15-8-13-21(25)23-14-16-29-20-12-6-5-11-19(20)28-3/h5-7,9-12H,8,13-16H2,1-4H3,(H,23,25). The van der Waals surface area contributed by atoms with Crippen LogP contribution in [0.5, 0.6) is 11.5 Å². The minimum absolute atomic E-state index is 0.145. The average molecular weight is 435 g/mol. The Morgan fingerprint density at radius 2 is 1.67 bits per heavy atom. The van der Waals surface area contributed by atoms with Crippen LogP contribution in [0.3, 0.4) is 0 Å². The van der Waals surface area contributed by atoms with Crippen molar-refractivity contribution in [3.05, 3.63) is 53.6 Å². The number of carbonyl (C=O) groups excluding carboxylic acids is 1. The summed E-state index contributed by atoms with van der Waals surface area (Å²) in [6.07, 6.45) is 1.83. The Morgan fingerprint density at radius 3 is 2.27 bits per heavy atom. The summed E-state index contributed by atoms with van der Waals surface area (Å²) in [5.74, 6) is 1.11.